The number of halogens is 3. The van der Waals surface area contributed by atoms with E-state index < -0.39 is 6.36 Å². The molecule has 0 radical (unpaired) electrons. The Morgan fingerprint density at radius 3 is 2.58 bits per heavy atom. The highest BCUT2D eigenvalue weighted by atomic mass is 19.4. The van der Waals surface area contributed by atoms with Crippen LogP contribution in [0, 0.1) is 0 Å². The van der Waals surface area contributed by atoms with E-state index in [1.807, 2.05) is 18.2 Å². The Bertz CT molecular complexity index is 1030. The van der Waals surface area contributed by atoms with Gasteiger partial charge in [0.15, 0.2) is 11.5 Å². The molecule has 2 fully saturated rings. The van der Waals surface area contributed by atoms with Gasteiger partial charge >= 0.3 is 6.36 Å². The molecule has 176 valence electrons. The second kappa shape index (κ2) is 9.77. The summed E-state index contributed by atoms with van der Waals surface area (Å²) in [6.07, 6.45) is 1.83. The first-order chi connectivity index (χ1) is 15.8. The van der Waals surface area contributed by atoms with Crippen molar-refractivity contribution in [1.29, 1.82) is 0 Å². The first kappa shape index (κ1) is 23.0. The fourth-order valence-electron chi connectivity index (χ4n) is 4.35. The van der Waals surface area contributed by atoms with Crippen LogP contribution < -0.4 is 19.5 Å². The van der Waals surface area contributed by atoms with Gasteiger partial charge in [-0.15, -0.1) is 13.2 Å². The minimum atomic E-state index is -4.77. The van der Waals surface area contributed by atoms with Crippen LogP contribution in [0.1, 0.15) is 49.1 Å². The number of rotatable bonds is 6. The normalized spacial score (nSPS) is 20.5. The number of alkyl halides is 3. The Morgan fingerprint density at radius 2 is 1.85 bits per heavy atom. The lowest BCUT2D eigenvalue weighted by Crippen LogP contribution is -2.35. The summed E-state index contributed by atoms with van der Waals surface area (Å²) < 4.78 is 53.2. The number of ether oxygens (including phenoxy) is 3. The van der Waals surface area contributed by atoms with Crippen LogP contribution in [0.15, 0.2) is 48.0 Å². The van der Waals surface area contributed by atoms with E-state index in [0.29, 0.717) is 35.6 Å². The summed E-state index contributed by atoms with van der Waals surface area (Å²) in [5, 5.41) is 2.88. The van der Waals surface area contributed by atoms with Crippen molar-refractivity contribution in [3.63, 3.8) is 0 Å². The van der Waals surface area contributed by atoms with Crippen molar-refractivity contribution in [2.45, 2.75) is 50.5 Å². The third kappa shape index (κ3) is 6.00. The fourth-order valence-corrected chi connectivity index (χ4v) is 4.35. The number of hydrogen-bond donors (Lipinski definition) is 1. The highest BCUT2D eigenvalue weighted by Crippen LogP contribution is 2.37. The van der Waals surface area contributed by atoms with Crippen LogP contribution in [0.5, 0.6) is 17.2 Å². The van der Waals surface area contributed by atoms with E-state index >= 15 is 0 Å². The summed E-state index contributed by atoms with van der Waals surface area (Å²) in [7, 11) is 1.61. The molecule has 8 heteroatoms. The smallest absolute Gasteiger partial charge is 0.493 e. The van der Waals surface area contributed by atoms with Crippen molar-refractivity contribution < 1.29 is 32.2 Å². The van der Waals surface area contributed by atoms with Crippen molar-refractivity contribution in [1.82, 2.24) is 5.32 Å². The van der Waals surface area contributed by atoms with Crippen LogP contribution in [0.4, 0.5) is 13.2 Å². The van der Waals surface area contributed by atoms with E-state index in [1.165, 1.54) is 18.2 Å². The van der Waals surface area contributed by atoms with Crippen LogP contribution in [0.25, 0.3) is 6.08 Å². The lowest BCUT2D eigenvalue weighted by molar-refractivity contribution is -0.274. The molecular formula is C25H26F3NO4. The van der Waals surface area contributed by atoms with Gasteiger partial charge in [-0.2, -0.15) is 0 Å². The van der Waals surface area contributed by atoms with Gasteiger partial charge in [-0.05, 0) is 73.6 Å². The number of nitrogens with one attached hydrogen (secondary N) is 1. The zero-order chi connectivity index (χ0) is 23.4. The average Bonchev–Trinajstić information content (AvgIpc) is 3.27. The lowest BCUT2D eigenvalue weighted by Gasteiger charge is -2.26. The second-order valence-corrected chi connectivity index (χ2v) is 8.34. The third-order valence-corrected chi connectivity index (χ3v) is 5.95. The molecule has 0 spiro atoms. The molecule has 1 aliphatic carbocycles. The monoisotopic (exact) mass is 461 g/mol. The summed E-state index contributed by atoms with van der Waals surface area (Å²) in [5.74, 6) is 0.808. The predicted molar refractivity (Wildman–Crippen MR) is 117 cm³/mol. The van der Waals surface area contributed by atoms with Crippen molar-refractivity contribution >= 4 is 12.0 Å². The largest absolute Gasteiger partial charge is 0.573 e. The molecule has 2 aliphatic rings. The van der Waals surface area contributed by atoms with Gasteiger partial charge in [0.1, 0.15) is 5.75 Å². The Morgan fingerprint density at radius 1 is 1.06 bits per heavy atom. The van der Waals surface area contributed by atoms with Crippen LogP contribution in [0.3, 0.4) is 0 Å². The maximum absolute atomic E-state index is 12.5. The van der Waals surface area contributed by atoms with Gasteiger partial charge in [-0.3, -0.25) is 4.79 Å². The Kier molecular flexibility index (Phi) is 6.81. The number of piperidine rings is 1. The molecule has 4 rings (SSSR count). The first-order valence-corrected chi connectivity index (χ1v) is 11.0. The molecule has 1 N–H and O–H groups in total. The van der Waals surface area contributed by atoms with Crippen LogP contribution in [0.2, 0.25) is 0 Å². The second-order valence-electron chi connectivity index (χ2n) is 8.34. The van der Waals surface area contributed by atoms with Gasteiger partial charge in [0, 0.05) is 18.0 Å². The zero-order valence-electron chi connectivity index (χ0n) is 18.3. The molecule has 2 aromatic rings. The van der Waals surface area contributed by atoms with Crippen LogP contribution >= 0.6 is 0 Å². The standard InChI is InChI=1S/C25H26F3NO4/c1-31-22-10-9-17(14-23(22)32-20-6-2-3-7-20)19-13-18(24(30)29-15-19)11-16-5-4-8-21(12-16)33-25(26,27)28/h4-5,8-12,14,19-20H,2-3,6-7,13,15H2,1H3,(H,29,30). The minimum Gasteiger partial charge on any atom is -0.493 e. The number of carbonyl (C=O) groups is 1. The quantitative estimate of drug-likeness (QED) is 0.569. The maximum atomic E-state index is 12.5. The fraction of sp³-hybridized carbons (Fsp3) is 0.400. The molecule has 1 atom stereocenters. The topological polar surface area (TPSA) is 56.8 Å². The lowest BCUT2D eigenvalue weighted by atomic mass is 9.87. The van der Waals surface area contributed by atoms with E-state index in [1.54, 1.807) is 19.3 Å². The molecule has 2 aromatic carbocycles. The number of amides is 1. The highest BCUT2D eigenvalue weighted by molar-refractivity contribution is 5.98. The summed E-state index contributed by atoms with van der Waals surface area (Å²) in [5.41, 5.74) is 1.95. The SMILES string of the molecule is COc1ccc(C2CNC(=O)C(=Cc3cccc(OC(F)(F)F)c3)C2)cc1OC1CCCC1. The van der Waals surface area contributed by atoms with Crippen molar-refractivity contribution in [3.05, 3.63) is 59.2 Å². The molecule has 1 unspecified atom stereocenters. The number of methoxy groups -OCH3 is 1. The summed E-state index contributed by atoms with van der Waals surface area (Å²) in [6.45, 7) is 0.461. The third-order valence-electron chi connectivity index (χ3n) is 5.95. The summed E-state index contributed by atoms with van der Waals surface area (Å²) in [4.78, 5) is 12.5. The van der Waals surface area contributed by atoms with Gasteiger partial charge in [0.2, 0.25) is 5.91 Å². The van der Waals surface area contributed by atoms with E-state index in [-0.39, 0.29) is 23.7 Å². The van der Waals surface area contributed by atoms with Crippen molar-refractivity contribution in [3.8, 4) is 17.2 Å². The minimum absolute atomic E-state index is 0.000363. The predicted octanol–water partition coefficient (Wildman–Crippen LogP) is 5.60. The zero-order valence-corrected chi connectivity index (χ0v) is 18.3. The van der Waals surface area contributed by atoms with Gasteiger partial charge < -0.3 is 19.5 Å². The highest BCUT2D eigenvalue weighted by Gasteiger charge is 2.31. The molecule has 0 bridgehead atoms. The van der Waals surface area contributed by atoms with E-state index in [2.05, 4.69) is 10.1 Å². The van der Waals surface area contributed by atoms with E-state index in [0.717, 1.165) is 31.2 Å². The number of hydrogen-bond acceptors (Lipinski definition) is 4. The molecule has 1 aliphatic heterocycles. The molecule has 1 heterocycles. The summed E-state index contributed by atoms with van der Waals surface area (Å²) in [6, 6.07) is 11.4. The van der Waals surface area contributed by atoms with Gasteiger partial charge in [0.05, 0.1) is 13.2 Å². The van der Waals surface area contributed by atoms with Crippen molar-refractivity contribution in [2.75, 3.05) is 13.7 Å². The molecule has 1 saturated carbocycles. The molecule has 0 aromatic heterocycles. The van der Waals surface area contributed by atoms with E-state index in [9.17, 15) is 18.0 Å². The molecule has 1 amide bonds. The van der Waals surface area contributed by atoms with E-state index in [4.69, 9.17) is 9.47 Å². The molecule has 1 saturated heterocycles. The Balaban J connectivity index is 1.54. The Hall–Kier alpha value is -3.16. The first-order valence-electron chi connectivity index (χ1n) is 11.0. The summed E-state index contributed by atoms with van der Waals surface area (Å²) >= 11 is 0. The average molecular weight is 461 g/mol. The van der Waals surface area contributed by atoms with Gasteiger partial charge in [-0.1, -0.05) is 18.2 Å². The van der Waals surface area contributed by atoms with Crippen LogP contribution in [-0.2, 0) is 4.79 Å². The molecular weight excluding hydrogens is 435 g/mol. The maximum Gasteiger partial charge on any atom is 0.573 e. The number of carbonyl (C=O) groups excluding carboxylic acids is 1. The van der Waals surface area contributed by atoms with Crippen LogP contribution in [-0.4, -0.2) is 32.0 Å². The molecule has 5 nitrogen and oxygen atoms in total. The van der Waals surface area contributed by atoms with Gasteiger partial charge in [0.25, 0.3) is 0 Å². The van der Waals surface area contributed by atoms with Crippen molar-refractivity contribution in [2.24, 2.45) is 0 Å². The number of benzene rings is 2. The Labute approximate surface area is 190 Å². The van der Waals surface area contributed by atoms with Gasteiger partial charge in [-0.25, -0.2) is 0 Å². The molecule has 33 heavy (non-hydrogen) atoms.